The number of nitrogens with one attached hydrogen (secondary N) is 1. The third kappa shape index (κ3) is 4.67. The zero-order valence-corrected chi connectivity index (χ0v) is 18.6. The van der Waals surface area contributed by atoms with Crippen LogP contribution in [0.4, 0.5) is 19.0 Å². The van der Waals surface area contributed by atoms with Crippen molar-refractivity contribution in [3.8, 4) is 0 Å². The first-order valence-electron chi connectivity index (χ1n) is 9.55. The molecule has 1 aromatic rings. The lowest BCUT2D eigenvalue weighted by Gasteiger charge is -2.35. The minimum absolute atomic E-state index is 0. The predicted molar refractivity (Wildman–Crippen MR) is 107 cm³/mol. The van der Waals surface area contributed by atoms with Gasteiger partial charge in [-0.25, -0.2) is 4.68 Å². The van der Waals surface area contributed by atoms with Gasteiger partial charge in [-0.05, 0) is 25.2 Å². The van der Waals surface area contributed by atoms with E-state index in [1.165, 1.54) is 18.4 Å². The van der Waals surface area contributed by atoms with Gasteiger partial charge in [-0.2, -0.15) is 35.3 Å². The van der Waals surface area contributed by atoms with Crippen LogP contribution in [-0.4, -0.2) is 59.7 Å². The Labute approximate surface area is 176 Å². The van der Waals surface area contributed by atoms with Crippen LogP contribution in [0.5, 0.6) is 0 Å². The molecule has 12 heteroatoms. The molecule has 0 aliphatic carbocycles. The number of hydrogen-bond acceptors (Lipinski definition) is 4. The molecule has 2 aliphatic rings. The van der Waals surface area contributed by atoms with E-state index in [4.69, 9.17) is 0 Å². The highest BCUT2D eigenvalue weighted by molar-refractivity contribution is 7.86. The van der Waals surface area contributed by atoms with Gasteiger partial charge in [0.25, 0.3) is 10.2 Å². The molecule has 1 fully saturated rings. The maximum atomic E-state index is 13.7. The zero-order valence-electron chi connectivity index (χ0n) is 17.0. The summed E-state index contributed by atoms with van der Waals surface area (Å²) in [6, 6.07) is -1.02. The van der Waals surface area contributed by atoms with Crippen LogP contribution in [0.2, 0.25) is 0 Å². The van der Waals surface area contributed by atoms with E-state index < -0.39 is 28.5 Å². The molecule has 7 nitrogen and oxygen atoms in total. The lowest BCUT2D eigenvalue weighted by molar-refractivity contribution is -0.174. The van der Waals surface area contributed by atoms with E-state index in [0.29, 0.717) is 24.5 Å². The molecular weight excluding hydrogens is 431 g/mol. The lowest BCUT2D eigenvalue weighted by Crippen LogP contribution is -2.44. The van der Waals surface area contributed by atoms with E-state index in [9.17, 15) is 21.6 Å². The Morgan fingerprint density at radius 3 is 2.48 bits per heavy atom. The number of alkyl halides is 3. The van der Waals surface area contributed by atoms with Gasteiger partial charge in [0.2, 0.25) is 0 Å². The molecule has 1 saturated heterocycles. The number of anilines is 1. The Hall–Kier alpha value is -1.04. The van der Waals surface area contributed by atoms with E-state index >= 15 is 0 Å². The highest BCUT2D eigenvalue weighted by Crippen LogP contribution is 2.42. The third-order valence-electron chi connectivity index (χ3n) is 5.60. The van der Waals surface area contributed by atoms with Gasteiger partial charge in [0.15, 0.2) is 6.04 Å². The molecule has 0 amide bonds. The Kier molecular flexibility index (Phi) is 7.19. The van der Waals surface area contributed by atoms with Gasteiger partial charge in [-0.15, -0.1) is 12.4 Å². The molecule has 0 spiro atoms. The number of rotatable bonds is 4. The van der Waals surface area contributed by atoms with Crippen LogP contribution in [0, 0.1) is 5.92 Å². The fraction of sp³-hybridized carbons (Fsp3) is 0.824. The first kappa shape index (κ1) is 24.2. The van der Waals surface area contributed by atoms with Gasteiger partial charge in [0, 0.05) is 32.7 Å². The van der Waals surface area contributed by atoms with Gasteiger partial charge >= 0.3 is 6.18 Å². The second-order valence-corrected chi connectivity index (χ2v) is 10.2. The van der Waals surface area contributed by atoms with Gasteiger partial charge in [-0.1, -0.05) is 20.3 Å². The van der Waals surface area contributed by atoms with Gasteiger partial charge < -0.3 is 5.32 Å². The quantitative estimate of drug-likeness (QED) is 0.747. The van der Waals surface area contributed by atoms with E-state index in [1.807, 2.05) is 13.8 Å². The molecule has 3 heterocycles. The molecule has 0 saturated carbocycles. The van der Waals surface area contributed by atoms with Gasteiger partial charge in [-0.3, -0.25) is 0 Å². The summed E-state index contributed by atoms with van der Waals surface area (Å²) in [5, 5.41) is 7.41. The Balaban J connectivity index is 0.00000300. The molecule has 29 heavy (non-hydrogen) atoms. The molecule has 3 atom stereocenters. The summed E-state index contributed by atoms with van der Waals surface area (Å²) < 4.78 is 69.9. The minimum Gasteiger partial charge on any atom is -0.367 e. The van der Waals surface area contributed by atoms with Crippen molar-refractivity contribution in [3.05, 3.63) is 11.8 Å². The molecule has 2 aliphatic heterocycles. The average molecular weight is 460 g/mol. The maximum absolute atomic E-state index is 13.7. The minimum atomic E-state index is -4.42. The van der Waals surface area contributed by atoms with Crippen molar-refractivity contribution >= 4 is 28.4 Å². The summed E-state index contributed by atoms with van der Waals surface area (Å²) in [7, 11) is -0.786. The normalized spacial score (nSPS) is 26.2. The van der Waals surface area contributed by atoms with Crippen LogP contribution >= 0.6 is 12.4 Å². The fourth-order valence-electron chi connectivity index (χ4n) is 3.91. The lowest BCUT2D eigenvalue weighted by atomic mass is 9.94. The molecule has 0 radical (unpaired) electrons. The largest absolute Gasteiger partial charge is 0.410 e. The SMILES string of the molecule is CC(C)[C@@H]1C[C@H](C(F)(F)F)n2nc(C3CCCCN3S(=O)(=O)N(C)C)cc2N1.Cl. The molecular formula is C17H29ClF3N5O2S. The second-order valence-electron chi connectivity index (χ2n) is 8.10. The average Bonchev–Trinajstić information content (AvgIpc) is 3.03. The molecule has 3 rings (SSSR count). The summed E-state index contributed by atoms with van der Waals surface area (Å²) in [6.45, 7) is 4.09. The van der Waals surface area contributed by atoms with Crippen molar-refractivity contribution < 1.29 is 21.6 Å². The molecule has 0 aromatic carbocycles. The number of aromatic nitrogens is 2. The fourth-order valence-corrected chi connectivity index (χ4v) is 5.22. The van der Waals surface area contributed by atoms with E-state index in [0.717, 1.165) is 21.8 Å². The molecule has 1 aromatic heterocycles. The summed E-state index contributed by atoms with van der Waals surface area (Å²) in [6.07, 6.45) is -2.46. The van der Waals surface area contributed by atoms with Crippen molar-refractivity contribution in [2.75, 3.05) is 26.0 Å². The number of nitrogens with zero attached hydrogens (tertiary/aromatic N) is 4. The standard InChI is InChI=1S/C17H28F3N5O2S.ClH/c1-11(2)12-9-15(17(18,19)20)25-16(21-12)10-13(22-25)14-7-5-6-8-24(14)28(26,27)23(3)4;/h10-12,14-15,21H,5-9H2,1-4H3;1H/t12-,14?,15+;/m0./s1. The van der Waals surface area contributed by atoms with E-state index in [2.05, 4.69) is 10.4 Å². The molecule has 1 unspecified atom stereocenters. The number of halogens is 4. The highest BCUT2D eigenvalue weighted by Gasteiger charge is 2.47. The van der Waals surface area contributed by atoms with Crippen molar-refractivity contribution in [3.63, 3.8) is 0 Å². The summed E-state index contributed by atoms with van der Waals surface area (Å²) in [5.41, 5.74) is 0.367. The highest BCUT2D eigenvalue weighted by atomic mass is 35.5. The van der Waals surface area contributed by atoms with Gasteiger partial charge in [0.1, 0.15) is 5.82 Å². The Morgan fingerprint density at radius 1 is 1.28 bits per heavy atom. The number of fused-ring (bicyclic) bond motifs is 1. The van der Waals surface area contributed by atoms with E-state index in [-0.39, 0.29) is 30.8 Å². The summed E-state index contributed by atoms with van der Waals surface area (Å²) in [4.78, 5) is 0. The van der Waals surface area contributed by atoms with Crippen LogP contribution < -0.4 is 5.32 Å². The Bertz CT molecular complexity index is 812. The summed E-state index contributed by atoms with van der Waals surface area (Å²) >= 11 is 0. The summed E-state index contributed by atoms with van der Waals surface area (Å²) in [5.74, 6) is 0.326. The van der Waals surface area contributed by atoms with Crippen LogP contribution in [0.3, 0.4) is 0 Å². The van der Waals surface area contributed by atoms with Crippen LogP contribution in [0.25, 0.3) is 0 Å². The smallest absolute Gasteiger partial charge is 0.367 e. The van der Waals surface area contributed by atoms with Crippen molar-refractivity contribution in [2.45, 2.75) is 63.8 Å². The third-order valence-corrected chi connectivity index (χ3v) is 7.55. The van der Waals surface area contributed by atoms with Crippen LogP contribution in [0.1, 0.15) is 57.3 Å². The zero-order chi connectivity index (χ0) is 20.9. The van der Waals surface area contributed by atoms with Crippen LogP contribution in [0.15, 0.2) is 6.07 Å². The molecule has 1 N–H and O–H groups in total. The topological polar surface area (TPSA) is 70.5 Å². The first-order valence-corrected chi connectivity index (χ1v) is 10.9. The van der Waals surface area contributed by atoms with Crippen molar-refractivity contribution in [1.82, 2.24) is 18.4 Å². The van der Waals surface area contributed by atoms with Crippen molar-refractivity contribution in [1.29, 1.82) is 0 Å². The first-order chi connectivity index (χ1) is 12.9. The number of hydrogen-bond donors (Lipinski definition) is 1. The Morgan fingerprint density at radius 2 is 1.93 bits per heavy atom. The second kappa shape index (κ2) is 8.60. The van der Waals surface area contributed by atoms with Crippen molar-refractivity contribution in [2.24, 2.45) is 5.92 Å². The predicted octanol–water partition coefficient (Wildman–Crippen LogP) is 3.58. The molecule has 168 valence electrons. The van der Waals surface area contributed by atoms with E-state index in [1.54, 1.807) is 6.07 Å². The monoisotopic (exact) mass is 459 g/mol. The van der Waals surface area contributed by atoms with Crippen LogP contribution in [-0.2, 0) is 10.2 Å². The van der Waals surface area contributed by atoms with Gasteiger partial charge in [0.05, 0.1) is 11.7 Å². The molecule has 0 bridgehead atoms. The maximum Gasteiger partial charge on any atom is 0.410 e. The number of piperidine rings is 1.